The van der Waals surface area contributed by atoms with Crippen molar-refractivity contribution < 1.29 is 19.3 Å². The highest BCUT2D eigenvalue weighted by Gasteiger charge is 2.22. The van der Waals surface area contributed by atoms with Crippen molar-refractivity contribution >= 4 is 17.7 Å². The van der Waals surface area contributed by atoms with Crippen LogP contribution in [-0.2, 0) is 14.3 Å². The minimum absolute atomic E-state index is 0.159. The number of Topliss-reactive ketones (excluding diaryl/α,β-unsaturated/α-hetero) is 1. The van der Waals surface area contributed by atoms with Crippen LogP contribution in [0.25, 0.3) is 0 Å². The first-order chi connectivity index (χ1) is 12.5. The molecule has 0 aliphatic carbocycles. The molecular weight excluding hydrogens is 330 g/mol. The van der Waals surface area contributed by atoms with Crippen LogP contribution < -0.4 is 16.5 Å². The van der Waals surface area contributed by atoms with Crippen LogP contribution in [0.3, 0.4) is 0 Å². The van der Waals surface area contributed by atoms with E-state index in [1.807, 2.05) is 0 Å². The van der Waals surface area contributed by atoms with Gasteiger partial charge < -0.3 is 4.74 Å². The molecule has 6 heteroatoms. The molecule has 1 unspecified atom stereocenters. The van der Waals surface area contributed by atoms with E-state index in [0.717, 1.165) is 12.8 Å². The zero-order chi connectivity index (χ0) is 19.6. The number of guanidine groups is 1. The first kappa shape index (κ1) is 24.4. The zero-order valence-corrected chi connectivity index (χ0v) is 16.9. The van der Waals surface area contributed by atoms with Gasteiger partial charge in [0.2, 0.25) is 0 Å². The van der Waals surface area contributed by atoms with Crippen LogP contribution in [0.15, 0.2) is 0 Å². The molecule has 0 aliphatic heterocycles. The number of nitrogens with one attached hydrogen (secondary N) is 1. The van der Waals surface area contributed by atoms with Crippen molar-refractivity contribution in [2.75, 3.05) is 13.2 Å². The number of rotatable bonds is 17. The molecule has 0 amide bonds. The highest BCUT2D eigenvalue weighted by molar-refractivity contribution is 5.84. The third kappa shape index (κ3) is 14.7. The van der Waals surface area contributed by atoms with Gasteiger partial charge in [-0.2, -0.15) is 0 Å². The molecule has 0 spiro atoms. The molecule has 0 heterocycles. The molecular formula is C20H40N3O3+. The summed E-state index contributed by atoms with van der Waals surface area (Å²) in [6.45, 7) is 4.93. The zero-order valence-electron chi connectivity index (χ0n) is 16.9. The number of carbonyl (C=O) groups excluding carboxylic acids is 2. The molecule has 0 bridgehead atoms. The number of esters is 1. The highest BCUT2D eigenvalue weighted by Crippen LogP contribution is 2.17. The van der Waals surface area contributed by atoms with Crippen LogP contribution in [0.1, 0.15) is 90.9 Å². The summed E-state index contributed by atoms with van der Waals surface area (Å²) in [6.07, 6.45) is 11.8. The Morgan fingerprint density at radius 2 is 1.54 bits per heavy atom. The van der Waals surface area contributed by atoms with Crippen LogP contribution >= 0.6 is 0 Å². The standard InChI is InChI=1S/C20H39N3O3/c1-3-5-6-7-8-9-10-11-14-18(24)16-17(19(25)26-4-2)13-12-15-23-20(21)22/h17H,3-16H2,1-2H3,(H4,21,22,23)/p+1. The van der Waals surface area contributed by atoms with Gasteiger partial charge in [0.25, 0.3) is 0 Å². The van der Waals surface area contributed by atoms with E-state index >= 15 is 0 Å². The van der Waals surface area contributed by atoms with Gasteiger partial charge in [-0.15, -0.1) is 0 Å². The normalized spacial score (nSPS) is 11.8. The maximum absolute atomic E-state index is 12.2. The van der Waals surface area contributed by atoms with Crippen molar-refractivity contribution in [2.45, 2.75) is 90.9 Å². The first-order valence-corrected chi connectivity index (χ1v) is 10.3. The van der Waals surface area contributed by atoms with Gasteiger partial charge in [-0.1, -0.05) is 51.9 Å². The summed E-state index contributed by atoms with van der Waals surface area (Å²) >= 11 is 0. The lowest BCUT2D eigenvalue weighted by atomic mass is 9.94. The topological polar surface area (TPSA) is 109 Å². The minimum atomic E-state index is -0.364. The fraction of sp³-hybridized carbons (Fsp3) is 0.850. The molecule has 0 radical (unpaired) electrons. The number of ketones is 1. The molecule has 0 fully saturated rings. The summed E-state index contributed by atoms with van der Waals surface area (Å²) in [5, 5.41) is 0. The van der Waals surface area contributed by atoms with Crippen LogP contribution in [-0.4, -0.2) is 30.9 Å². The van der Waals surface area contributed by atoms with Gasteiger partial charge >= 0.3 is 11.9 Å². The Labute approximate surface area is 159 Å². The van der Waals surface area contributed by atoms with Gasteiger partial charge in [0.05, 0.1) is 19.1 Å². The Hall–Kier alpha value is -1.59. The molecule has 5 N–H and O–H groups in total. The predicted octanol–water partition coefficient (Wildman–Crippen LogP) is 1.79. The molecule has 0 aromatic rings. The molecule has 0 aliphatic rings. The Bertz CT molecular complexity index is 407. The van der Waals surface area contributed by atoms with Crippen molar-refractivity contribution in [2.24, 2.45) is 17.4 Å². The van der Waals surface area contributed by atoms with Crippen molar-refractivity contribution in [3.63, 3.8) is 0 Å². The molecule has 0 rings (SSSR count). The lowest BCUT2D eigenvalue weighted by Gasteiger charge is -2.14. The Balaban J connectivity index is 4.04. The molecule has 0 saturated carbocycles. The quantitative estimate of drug-likeness (QED) is 0.156. The molecule has 1 atom stereocenters. The van der Waals surface area contributed by atoms with Gasteiger partial charge in [0.15, 0.2) is 0 Å². The van der Waals surface area contributed by atoms with E-state index in [4.69, 9.17) is 16.2 Å². The summed E-state index contributed by atoms with van der Waals surface area (Å²) in [6, 6.07) is 0. The van der Waals surface area contributed by atoms with Gasteiger partial charge in [-0.05, 0) is 26.2 Å². The Kier molecular flexibility index (Phi) is 15.8. The van der Waals surface area contributed by atoms with Crippen LogP contribution in [0, 0.1) is 5.92 Å². The lowest BCUT2D eigenvalue weighted by Crippen LogP contribution is -2.78. The van der Waals surface area contributed by atoms with Gasteiger partial charge in [-0.3, -0.25) is 26.0 Å². The minimum Gasteiger partial charge on any atom is -0.466 e. The summed E-state index contributed by atoms with van der Waals surface area (Å²) in [4.78, 5) is 27.1. The van der Waals surface area contributed by atoms with E-state index in [1.54, 1.807) is 6.92 Å². The van der Waals surface area contributed by atoms with Crippen molar-refractivity contribution in [1.82, 2.24) is 0 Å². The molecule has 152 valence electrons. The highest BCUT2D eigenvalue weighted by atomic mass is 16.5. The second-order valence-electron chi connectivity index (χ2n) is 6.94. The van der Waals surface area contributed by atoms with Gasteiger partial charge in [0.1, 0.15) is 5.78 Å². The fourth-order valence-corrected chi connectivity index (χ4v) is 2.98. The largest absolute Gasteiger partial charge is 0.466 e. The number of hydrogen-bond donors (Lipinski definition) is 3. The van der Waals surface area contributed by atoms with E-state index in [9.17, 15) is 9.59 Å². The van der Waals surface area contributed by atoms with E-state index in [1.165, 1.54) is 38.5 Å². The summed E-state index contributed by atoms with van der Waals surface area (Å²) < 4.78 is 5.11. The lowest BCUT2D eigenvalue weighted by molar-refractivity contribution is -0.459. The SMILES string of the molecule is CCCCCCCCCCC(=O)CC(CCC[NH+]=C(N)N)C(=O)OCC. The first-order valence-electron chi connectivity index (χ1n) is 10.3. The van der Waals surface area contributed by atoms with Gasteiger partial charge in [-0.25, -0.2) is 0 Å². The Morgan fingerprint density at radius 1 is 0.923 bits per heavy atom. The van der Waals surface area contributed by atoms with Crippen LogP contribution in [0.4, 0.5) is 0 Å². The number of ether oxygens (including phenoxy) is 1. The summed E-state index contributed by atoms with van der Waals surface area (Å²) in [5.74, 6) is -0.311. The molecule has 0 saturated heterocycles. The third-order valence-corrected chi connectivity index (χ3v) is 4.46. The van der Waals surface area contributed by atoms with E-state index in [0.29, 0.717) is 32.4 Å². The van der Waals surface area contributed by atoms with E-state index < -0.39 is 0 Å². The monoisotopic (exact) mass is 370 g/mol. The molecule has 0 aromatic heterocycles. The van der Waals surface area contributed by atoms with Crippen molar-refractivity contribution in [3.05, 3.63) is 0 Å². The van der Waals surface area contributed by atoms with Gasteiger partial charge in [0, 0.05) is 12.8 Å². The number of hydrogen-bond acceptors (Lipinski definition) is 3. The average molecular weight is 371 g/mol. The summed E-state index contributed by atoms with van der Waals surface area (Å²) in [7, 11) is 0. The fourth-order valence-electron chi connectivity index (χ4n) is 2.98. The third-order valence-electron chi connectivity index (χ3n) is 4.46. The summed E-state index contributed by atoms with van der Waals surface area (Å²) in [5.41, 5.74) is 10.7. The van der Waals surface area contributed by atoms with Crippen LogP contribution in [0.5, 0.6) is 0 Å². The average Bonchev–Trinajstić information content (AvgIpc) is 2.59. The number of unbranched alkanes of at least 4 members (excludes halogenated alkanes) is 7. The number of nitrogens with two attached hydrogens (primary N) is 2. The molecule has 0 aromatic carbocycles. The smallest absolute Gasteiger partial charge is 0.338 e. The van der Waals surface area contributed by atoms with E-state index in [-0.39, 0.29) is 30.1 Å². The maximum Gasteiger partial charge on any atom is 0.338 e. The van der Waals surface area contributed by atoms with Crippen molar-refractivity contribution in [3.8, 4) is 0 Å². The number of carbonyl (C=O) groups is 2. The van der Waals surface area contributed by atoms with Crippen LogP contribution in [0.2, 0.25) is 0 Å². The second-order valence-corrected chi connectivity index (χ2v) is 6.94. The molecule has 6 nitrogen and oxygen atoms in total. The van der Waals surface area contributed by atoms with Crippen molar-refractivity contribution in [1.29, 1.82) is 0 Å². The maximum atomic E-state index is 12.2. The second kappa shape index (κ2) is 16.9. The van der Waals surface area contributed by atoms with E-state index in [2.05, 4.69) is 11.9 Å². The molecule has 26 heavy (non-hydrogen) atoms. The predicted molar refractivity (Wildman–Crippen MR) is 105 cm³/mol. The Morgan fingerprint density at radius 3 is 2.12 bits per heavy atom.